The van der Waals surface area contributed by atoms with Crippen LogP contribution in [0.25, 0.3) is 0 Å². The predicted octanol–water partition coefficient (Wildman–Crippen LogP) is 1.19. The molecule has 0 aliphatic heterocycles. The number of amides is 2. The second-order valence-electron chi connectivity index (χ2n) is 5.62. The van der Waals surface area contributed by atoms with Crippen molar-refractivity contribution in [3.63, 3.8) is 0 Å². The van der Waals surface area contributed by atoms with Gasteiger partial charge in [0, 0.05) is 17.8 Å². The van der Waals surface area contributed by atoms with E-state index in [0.29, 0.717) is 5.25 Å². The zero-order chi connectivity index (χ0) is 15.2. The van der Waals surface area contributed by atoms with E-state index in [2.05, 4.69) is 16.9 Å². The SMILES string of the molecule is CSC1CCCC(NC(=O)NCC(C)(O)CC(=O)O)C1. The summed E-state index contributed by atoms with van der Waals surface area (Å²) >= 11 is 1.82. The number of carboxylic acid groups (broad SMARTS) is 1. The molecule has 3 atom stereocenters. The average molecular weight is 304 g/mol. The smallest absolute Gasteiger partial charge is 0.315 e. The maximum Gasteiger partial charge on any atom is 0.315 e. The van der Waals surface area contributed by atoms with E-state index in [1.807, 2.05) is 11.8 Å². The molecule has 1 rings (SSSR count). The zero-order valence-electron chi connectivity index (χ0n) is 12.0. The molecule has 1 aliphatic rings. The van der Waals surface area contributed by atoms with Crippen LogP contribution in [-0.2, 0) is 4.79 Å². The van der Waals surface area contributed by atoms with Gasteiger partial charge in [-0.05, 0) is 32.4 Å². The number of hydrogen-bond donors (Lipinski definition) is 4. The first-order valence-electron chi connectivity index (χ1n) is 6.84. The van der Waals surface area contributed by atoms with Crippen LogP contribution in [0.4, 0.5) is 4.79 Å². The Morgan fingerprint density at radius 1 is 1.40 bits per heavy atom. The third-order valence-corrected chi connectivity index (χ3v) is 4.55. The lowest BCUT2D eigenvalue weighted by molar-refractivity contribution is -0.141. The van der Waals surface area contributed by atoms with E-state index in [-0.39, 0.29) is 18.6 Å². The number of nitrogens with one attached hydrogen (secondary N) is 2. The Kier molecular flexibility index (Phi) is 6.61. The highest BCUT2D eigenvalue weighted by Gasteiger charge is 2.26. The number of aliphatic hydroxyl groups is 1. The fourth-order valence-electron chi connectivity index (χ4n) is 2.39. The van der Waals surface area contributed by atoms with Gasteiger partial charge in [0.15, 0.2) is 0 Å². The number of carbonyl (C=O) groups excluding carboxylic acids is 1. The van der Waals surface area contributed by atoms with E-state index in [1.54, 1.807) is 0 Å². The fourth-order valence-corrected chi connectivity index (χ4v) is 3.21. The third-order valence-electron chi connectivity index (χ3n) is 3.46. The van der Waals surface area contributed by atoms with E-state index in [1.165, 1.54) is 13.3 Å². The van der Waals surface area contributed by atoms with Gasteiger partial charge in [0.1, 0.15) is 0 Å². The summed E-state index contributed by atoms with van der Waals surface area (Å²) in [5, 5.41) is 24.4. The zero-order valence-corrected chi connectivity index (χ0v) is 12.8. The Morgan fingerprint density at radius 2 is 2.10 bits per heavy atom. The minimum absolute atomic E-state index is 0.0796. The standard InChI is InChI=1S/C13H24N2O4S/c1-13(19,7-11(16)17)8-14-12(18)15-9-4-3-5-10(6-9)20-2/h9-10,19H,3-8H2,1-2H3,(H,16,17)(H2,14,15,18). The molecule has 1 saturated carbocycles. The van der Waals surface area contributed by atoms with Gasteiger partial charge in [-0.1, -0.05) is 6.42 Å². The van der Waals surface area contributed by atoms with Gasteiger partial charge in [-0.2, -0.15) is 11.8 Å². The van der Waals surface area contributed by atoms with Gasteiger partial charge in [-0.3, -0.25) is 4.79 Å². The summed E-state index contributed by atoms with van der Waals surface area (Å²) in [4.78, 5) is 22.3. The molecule has 4 N–H and O–H groups in total. The Hall–Kier alpha value is -0.950. The van der Waals surface area contributed by atoms with Crippen LogP contribution >= 0.6 is 11.8 Å². The van der Waals surface area contributed by atoms with Gasteiger partial charge in [0.2, 0.25) is 0 Å². The molecule has 0 aromatic carbocycles. The average Bonchev–Trinajstić information content (AvgIpc) is 2.35. The van der Waals surface area contributed by atoms with Crippen LogP contribution in [0.1, 0.15) is 39.0 Å². The van der Waals surface area contributed by atoms with Crippen molar-refractivity contribution >= 4 is 23.8 Å². The van der Waals surface area contributed by atoms with Crippen molar-refractivity contribution in [1.29, 1.82) is 0 Å². The van der Waals surface area contributed by atoms with Crippen LogP contribution in [0.5, 0.6) is 0 Å². The Balaban J connectivity index is 2.31. The van der Waals surface area contributed by atoms with Crippen molar-refractivity contribution in [2.75, 3.05) is 12.8 Å². The monoisotopic (exact) mass is 304 g/mol. The molecule has 7 heteroatoms. The van der Waals surface area contributed by atoms with Crippen molar-refractivity contribution in [3.05, 3.63) is 0 Å². The van der Waals surface area contributed by atoms with E-state index < -0.39 is 18.0 Å². The Bertz CT molecular complexity index is 349. The Labute approximate surface area is 123 Å². The molecule has 2 amide bonds. The predicted molar refractivity (Wildman–Crippen MR) is 79.0 cm³/mol. The molecule has 0 saturated heterocycles. The van der Waals surface area contributed by atoms with Crippen molar-refractivity contribution in [3.8, 4) is 0 Å². The van der Waals surface area contributed by atoms with Gasteiger partial charge in [-0.25, -0.2) is 4.79 Å². The number of urea groups is 1. The summed E-state index contributed by atoms with van der Waals surface area (Å²) in [6.07, 6.45) is 5.90. The van der Waals surface area contributed by atoms with Crippen molar-refractivity contribution in [2.45, 2.75) is 55.9 Å². The maximum atomic E-state index is 11.8. The molecular formula is C13H24N2O4S. The summed E-state index contributed by atoms with van der Waals surface area (Å²) in [5.41, 5.74) is -1.43. The number of aliphatic carboxylic acids is 1. The molecule has 0 radical (unpaired) electrons. The molecule has 20 heavy (non-hydrogen) atoms. The normalized spacial score (nSPS) is 25.6. The second kappa shape index (κ2) is 7.73. The number of carbonyl (C=O) groups is 2. The molecule has 3 unspecified atom stereocenters. The van der Waals surface area contributed by atoms with E-state index in [9.17, 15) is 14.7 Å². The van der Waals surface area contributed by atoms with Crippen LogP contribution in [0.15, 0.2) is 0 Å². The van der Waals surface area contributed by atoms with Gasteiger partial charge in [-0.15, -0.1) is 0 Å². The van der Waals surface area contributed by atoms with E-state index in [0.717, 1.165) is 19.3 Å². The third kappa shape index (κ3) is 6.47. The topological polar surface area (TPSA) is 98.7 Å². The molecule has 0 heterocycles. The Morgan fingerprint density at radius 3 is 2.70 bits per heavy atom. The van der Waals surface area contributed by atoms with Crippen LogP contribution in [-0.4, -0.2) is 51.9 Å². The highest BCUT2D eigenvalue weighted by atomic mass is 32.2. The van der Waals surface area contributed by atoms with Crippen LogP contribution in [0.2, 0.25) is 0 Å². The lowest BCUT2D eigenvalue weighted by Crippen LogP contribution is -2.49. The minimum atomic E-state index is -1.43. The molecule has 0 aromatic rings. The largest absolute Gasteiger partial charge is 0.481 e. The molecule has 1 aliphatic carbocycles. The summed E-state index contributed by atoms with van der Waals surface area (Å²) < 4.78 is 0. The van der Waals surface area contributed by atoms with Crippen LogP contribution < -0.4 is 10.6 Å². The fraction of sp³-hybridized carbons (Fsp3) is 0.846. The highest BCUT2D eigenvalue weighted by Crippen LogP contribution is 2.26. The lowest BCUT2D eigenvalue weighted by Gasteiger charge is -2.29. The van der Waals surface area contributed by atoms with Gasteiger partial charge in [0.05, 0.1) is 12.0 Å². The number of hydrogen-bond acceptors (Lipinski definition) is 4. The van der Waals surface area contributed by atoms with E-state index in [4.69, 9.17) is 5.11 Å². The van der Waals surface area contributed by atoms with Gasteiger partial charge >= 0.3 is 12.0 Å². The van der Waals surface area contributed by atoms with Crippen molar-refractivity contribution in [1.82, 2.24) is 10.6 Å². The summed E-state index contributed by atoms with van der Waals surface area (Å²) in [6, 6.07) is -0.187. The molecule has 116 valence electrons. The maximum absolute atomic E-state index is 11.8. The molecule has 0 aromatic heterocycles. The highest BCUT2D eigenvalue weighted by molar-refractivity contribution is 7.99. The summed E-state index contributed by atoms with van der Waals surface area (Å²) in [6.45, 7) is 1.32. The molecule has 0 bridgehead atoms. The van der Waals surface area contributed by atoms with Gasteiger partial charge in [0.25, 0.3) is 0 Å². The van der Waals surface area contributed by atoms with Crippen molar-refractivity contribution in [2.24, 2.45) is 0 Å². The molecule has 1 fully saturated rings. The molecular weight excluding hydrogens is 280 g/mol. The van der Waals surface area contributed by atoms with Gasteiger partial charge < -0.3 is 20.8 Å². The quantitative estimate of drug-likeness (QED) is 0.591. The van der Waals surface area contributed by atoms with E-state index >= 15 is 0 Å². The summed E-state index contributed by atoms with van der Waals surface area (Å²) in [5.74, 6) is -1.09. The van der Waals surface area contributed by atoms with Crippen LogP contribution in [0.3, 0.4) is 0 Å². The van der Waals surface area contributed by atoms with Crippen LogP contribution in [0, 0.1) is 0 Å². The first-order valence-corrected chi connectivity index (χ1v) is 8.12. The lowest BCUT2D eigenvalue weighted by atomic mass is 9.95. The number of rotatable bonds is 6. The minimum Gasteiger partial charge on any atom is -0.481 e. The molecule has 6 nitrogen and oxygen atoms in total. The first-order chi connectivity index (χ1) is 9.32. The number of thioether (sulfide) groups is 1. The number of carboxylic acids is 1. The summed E-state index contributed by atoms with van der Waals surface area (Å²) in [7, 11) is 0. The second-order valence-corrected chi connectivity index (χ2v) is 6.75. The molecule has 0 spiro atoms. The van der Waals surface area contributed by atoms with Crippen molar-refractivity contribution < 1.29 is 19.8 Å². The first kappa shape index (κ1) is 17.1.